The van der Waals surface area contributed by atoms with Gasteiger partial charge >= 0.3 is 5.97 Å². The van der Waals surface area contributed by atoms with Crippen molar-refractivity contribution in [1.82, 2.24) is 9.55 Å². The number of fused-ring (bicyclic) bond motifs is 1. The maximum Gasteiger partial charge on any atom is 0.307 e. The standard InChI is InChI=1S/C17H22N2O2/c1-5-8-19-12-7-6-10(2)9-11(12)18-15(19)13-14(16(20)21)17(13,3)4/h6-7,9,13-14H,5,8H2,1-4H3,(H,20,21). The fourth-order valence-corrected chi connectivity index (χ4v) is 3.53. The second-order valence-electron chi connectivity index (χ2n) is 6.73. The van der Waals surface area contributed by atoms with Gasteiger partial charge in [-0.05, 0) is 36.5 Å². The quantitative estimate of drug-likeness (QED) is 0.934. The van der Waals surface area contributed by atoms with E-state index >= 15 is 0 Å². The Labute approximate surface area is 124 Å². The molecule has 0 bridgehead atoms. The smallest absolute Gasteiger partial charge is 0.307 e. The Morgan fingerprint density at radius 1 is 1.43 bits per heavy atom. The van der Waals surface area contributed by atoms with Crippen molar-refractivity contribution in [1.29, 1.82) is 0 Å². The Morgan fingerprint density at radius 3 is 2.71 bits per heavy atom. The molecule has 1 fully saturated rings. The van der Waals surface area contributed by atoms with Crippen molar-refractivity contribution in [2.24, 2.45) is 11.3 Å². The first-order valence-corrected chi connectivity index (χ1v) is 7.57. The van der Waals surface area contributed by atoms with E-state index in [1.54, 1.807) is 0 Å². The summed E-state index contributed by atoms with van der Waals surface area (Å²) >= 11 is 0. The highest BCUT2D eigenvalue weighted by atomic mass is 16.4. The molecule has 1 aromatic carbocycles. The zero-order valence-corrected chi connectivity index (χ0v) is 13.1. The highest BCUT2D eigenvalue weighted by Crippen LogP contribution is 2.64. The van der Waals surface area contributed by atoms with Crippen LogP contribution in [-0.2, 0) is 11.3 Å². The number of imidazole rings is 1. The summed E-state index contributed by atoms with van der Waals surface area (Å²) in [7, 11) is 0. The number of carbonyl (C=O) groups is 1. The summed E-state index contributed by atoms with van der Waals surface area (Å²) in [5, 5.41) is 9.42. The predicted octanol–water partition coefficient (Wildman–Crippen LogP) is 3.58. The van der Waals surface area contributed by atoms with Gasteiger partial charge in [0.1, 0.15) is 5.82 Å². The van der Waals surface area contributed by atoms with Crippen LogP contribution in [0.15, 0.2) is 18.2 Å². The van der Waals surface area contributed by atoms with Gasteiger partial charge in [0.2, 0.25) is 0 Å². The lowest BCUT2D eigenvalue weighted by Crippen LogP contribution is -2.05. The van der Waals surface area contributed by atoms with Crippen LogP contribution in [0.3, 0.4) is 0 Å². The van der Waals surface area contributed by atoms with Crippen molar-refractivity contribution in [3.63, 3.8) is 0 Å². The van der Waals surface area contributed by atoms with E-state index in [4.69, 9.17) is 4.98 Å². The highest BCUT2D eigenvalue weighted by molar-refractivity contribution is 5.80. The van der Waals surface area contributed by atoms with E-state index in [1.165, 1.54) is 5.56 Å². The van der Waals surface area contributed by atoms with Gasteiger partial charge in [0, 0.05) is 12.5 Å². The minimum absolute atomic E-state index is 0.00857. The molecule has 0 amide bonds. The van der Waals surface area contributed by atoms with Gasteiger partial charge in [-0.1, -0.05) is 26.8 Å². The van der Waals surface area contributed by atoms with Gasteiger partial charge in [-0.2, -0.15) is 0 Å². The summed E-state index contributed by atoms with van der Waals surface area (Å²) in [5.41, 5.74) is 3.06. The number of aromatic nitrogens is 2. The minimum atomic E-state index is -0.712. The van der Waals surface area contributed by atoms with Gasteiger partial charge in [-0.25, -0.2) is 4.98 Å². The number of hydrogen-bond donors (Lipinski definition) is 1. The van der Waals surface area contributed by atoms with Crippen LogP contribution in [0.1, 0.15) is 44.5 Å². The topological polar surface area (TPSA) is 55.1 Å². The third kappa shape index (κ3) is 2.04. The lowest BCUT2D eigenvalue weighted by molar-refractivity contribution is -0.139. The molecular formula is C17H22N2O2. The second-order valence-corrected chi connectivity index (χ2v) is 6.73. The predicted molar refractivity (Wildman–Crippen MR) is 82.4 cm³/mol. The molecule has 112 valence electrons. The summed E-state index contributed by atoms with van der Waals surface area (Å²) in [4.78, 5) is 16.2. The number of aryl methyl sites for hydroxylation is 2. The highest BCUT2D eigenvalue weighted by Gasteiger charge is 2.64. The molecule has 1 aliphatic rings. The molecule has 1 saturated carbocycles. The molecule has 2 aromatic rings. The number of aliphatic carboxylic acids is 1. The van der Waals surface area contributed by atoms with E-state index in [0.29, 0.717) is 0 Å². The van der Waals surface area contributed by atoms with Gasteiger partial charge in [0.05, 0.1) is 17.0 Å². The van der Waals surface area contributed by atoms with Gasteiger partial charge in [-0.15, -0.1) is 0 Å². The molecule has 1 aromatic heterocycles. The molecule has 21 heavy (non-hydrogen) atoms. The third-order valence-corrected chi connectivity index (χ3v) is 4.75. The fraction of sp³-hybridized carbons (Fsp3) is 0.529. The molecule has 0 saturated heterocycles. The van der Waals surface area contributed by atoms with Crippen LogP contribution in [0.4, 0.5) is 0 Å². The lowest BCUT2D eigenvalue weighted by Gasteiger charge is -2.08. The summed E-state index contributed by atoms with van der Waals surface area (Å²) < 4.78 is 2.21. The van der Waals surface area contributed by atoms with Crippen LogP contribution in [0, 0.1) is 18.3 Å². The number of benzene rings is 1. The molecule has 3 rings (SSSR count). The number of rotatable bonds is 4. The van der Waals surface area contributed by atoms with Gasteiger partial charge in [0.15, 0.2) is 0 Å². The van der Waals surface area contributed by atoms with Gasteiger partial charge < -0.3 is 9.67 Å². The normalized spacial score (nSPS) is 23.4. The fourth-order valence-electron chi connectivity index (χ4n) is 3.53. The zero-order valence-electron chi connectivity index (χ0n) is 13.1. The van der Waals surface area contributed by atoms with Crippen LogP contribution in [0.25, 0.3) is 11.0 Å². The molecular weight excluding hydrogens is 264 g/mol. The number of carboxylic acids is 1. The number of nitrogens with zero attached hydrogens (tertiary/aromatic N) is 2. The van der Waals surface area contributed by atoms with Crippen LogP contribution in [-0.4, -0.2) is 20.6 Å². The van der Waals surface area contributed by atoms with Crippen LogP contribution >= 0.6 is 0 Å². The Balaban J connectivity index is 2.14. The minimum Gasteiger partial charge on any atom is -0.481 e. The molecule has 2 atom stereocenters. The Morgan fingerprint density at radius 2 is 2.14 bits per heavy atom. The van der Waals surface area contributed by atoms with Crippen molar-refractivity contribution in [2.75, 3.05) is 0 Å². The van der Waals surface area contributed by atoms with E-state index in [1.807, 2.05) is 13.8 Å². The molecule has 1 heterocycles. The molecule has 1 aliphatic carbocycles. The molecule has 1 N–H and O–H groups in total. The molecule has 0 radical (unpaired) electrons. The van der Waals surface area contributed by atoms with E-state index < -0.39 is 5.97 Å². The molecule has 0 spiro atoms. The second kappa shape index (κ2) is 4.58. The summed E-state index contributed by atoms with van der Waals surface area (Å²) in [6.45, 7) is 9.12. The Bertz CT molecular complexity index is 715. The molecule has 4 nitrogen and oxygen atoms in total. The van der Waals surface area contributed by atoms with E-state index in [9.17, 15) is 9.90 Å². The first-order valence-electron chi connectivity index (χ1n) is 7.57. The SMILES string of the molecule is CCCn1c(C2C(C(=O)O)C2(C)C)nc2cc(C)ccc21. The van der Waals surface area contributed by atoms with E-state index in [2.05, 4.69) is 36.6 Å². The van der Waals surface area contributed by atoms with E-state index in [-0.39, 0.29) is 17.3 Å². The summed E-state index contributed by atoms with van der Waals surface area (Å²) in [6.07, 6.45) is 1.01. The maximum atomic E-state index is 11.5. The molecule has 0 aliphatic heterocycles. The van der Waals surface area contributed by atoms with Gasteiger partial charge in [-0.3, -0.25) is 4.79 Å². The first-order chi connectivity index (χ1) is 9.87. The van der Waals surface area contributed by atoms with Crippen LogP contribution in [0.5, 0.6) is 0 Å². The lowest BCUT2D eigenvalue weighted by atomic mass is 10.1. The van der Waals surface area contributed by atoms with Crippen molar-refractivity contribution in [2.45, 2.75) is 46.6 Å². The molecule has 4 heteroatoms. The van der Waals surface area contributed by atoms with Crippen molar-refractivity contribution in [3.8, 4) is 0 Å². The average molecular weight is 286 g/mol. The average Bonchev–Trinajstić information content (AvgIpc) is 2.81. The van der Waals surface area contributed by atoms with Crippen molar-refractivity contribution in [3.05, 3.63) is 29.6 Å². The molecule has 2 unspecified atom stereocenters. The Kier molecular flexibility index (Phi) is 3.08. The monoisotopic (exact) mass is 286 g/mol. The summed E-state index contributed by atoms with van der Waals surface area (Å²) in [5.74, 6) is -0.0913. The summed E-state index contributed by atoms with van der Waals surface area (Å²) in [6, 6.07) is 6.27. The van der Waals surface area contributed by atoms with Crippen LogP contribution in [0.2, 0.25) is 0 Å². The maximum absolute atomic E-state index is 11.5. The number of carboxylic acid groups (broad SMARTS) is 1. The van der Waals surface area contributed by atoms with Crippen molar-refractivity contribution < 1.29 is 9.90 Å². The largest absolute Gasteiger partial charge is 0.481 e. The van der Waals surface area contributed by atoms with E-state index in [0.717, 1.165) is 29.8 Å². The van der Waals surface area contributed by atoms with Gasteiger partial charge in [0.25, 0.3) is 0 Å². The zero-order chi connectivity index (χ0) is 15.4. The Hall–Kier alpha value is -1.84. The van der Waals surface area contributed by atoms with Crippen molar-refractivity contribution >= 4 is 17.0 Å². The number of hydrogen-bond acceptors (Lipinski definition) is 2. The first kappa shape index (κ1) is 14.1. The van der Waals surface area contributed by atoms with Crippen LogP contribution < -0.4 is 0 Å². The third-order valence-electron chi connectivity index (χ3n) is 4.75.